The van der Waals surface area contributed by atoms with Crippen LogP contribution in [0.1, 0.15) is 12.5 Å². The topological polar surface area (TPSA) is 66.6 Å². The van der Waals surface area contributed by atoms with Gasteiger partial charge in [0, 0.05) is 7.05 Å². The summed E-state index contributed by atoms with van der Waals surface area (Å²) >= 11 is 0. The molecule has 0 aliphatic heterocycles. The van der Waals surface area contributed by atoms with Gasteiger partial charge >= 0.3 is 0 Å². The fraction of sp³-hybridized carbons (Fsp3) is 0.462. The van der Waals surface area contributed by atoms with Crippen LogP contribution in [0.25, 0.3) is 0 Å². The van der Waals surface area contributed by atoms with E-state index < -0.39 is 6.04 Å². The monoisotopic (exact) mass is 236 g/mol. The molecule has 0 aliphatic rings. The lowest BCUT2D eigenvalue weighted by molar-refractivity contribution is -0.133. The van der Waals surface area contributed by atoms with E-state index >= 15 is 0 Å². The van der Waals surface area contributed by atoms with Gasteiger partial charge < -0.3 is 15.7 Å². The van der Waals surface area contributed by atoms with Gasteiger partial charge in [0.15, 0.2) is 0 Å². The molecule has 17 heavy (non-hydrogen) atoms. The van der Waals surface area contributed by atoms with Crippen molar-refractivity contribution in [3.63, 3.8) is 0 Å². The molecule has 1 rings (SSSR count). The van der Waals surface area contributed by atoms with E-state index in [1.165, 1.54) is 4.90 Å². The summed E-state index contributed by atoms with van der Waals surface area (Å²) in [6.45, 7) is 1.73. The van der Waals surface area contributed by atoms with E-state index in [9.17, 15) is 4.79 Å². The molecule has 0 radical (unpaired) electrons. The van der Waals surface area contributed by atoms with Gasteiger partial charge in [-0.2, -0.15) is 0 Å². The highest BCUT2D eigenvalue weighted by molar-refractivity contribution is 5.82. The molecule has 0 fully saturated rings. The number of amides is 1. The molecular weight excluding hydrogens is 216 g/mol. The number of benzene rings is 1. The molecule has 1 amide bonds. The van der Waals surface area contributed by atoms with Gasteiger partial charge in [-0.15, -0.1) is 0 Å². The third-order valence-electron chi connectivity index (χ3n) is 2.89. The van der Waals surface area contributed by atoms with E-state index in [2.05, 4.69) is 0 Å². The minimum atomic E-state index is -0.559. The fourth-order valence-electron chi connectivity index (χ4n) is 1.56. The first-order valence-electron chi connectivity index (χ1n) is 5.73. The van der Waals surface area contributed by atoms with E-state index in [0.29, 0.717) is 6.42 Å². The van der Waals surface area contributed by atoms with E-state index in [1.54, 1.807) is 14.0 Å². The third-order valence-corrected chi connectivity index (χ3v) is 2.89. The van der Waals surface area contributed by atoms with Crippen LogP contribution in [0.5, 0.6) is 0 Å². The van der Waals surface area contributed by atoms with Gasteiger partial charge in [-0.25, -0.2) is 0 Å². The van der Waals surface area contributed by atoms with Crippen molar-refractivity contribution in [2.45, 2.75) is 25.4 Å². The number of nitrogens with zero attached hydrogens (tertiary/aromatic N) is 1. The summed E-state index contributed by atoms with van der Waals surface area (Å²) < 4.78 is 0. The number of rotatable bonds is 5. The number of aliphatic hydroxyl groups excluding tert-OH is 1. The molecule has 3 N–H and O–H groups in total. The van der Waals surface area contributed by atoms with Crippen molar-refractivity contribution in [1.29, 1.82) is 0 Å². The van der Waals surface area contributed by atoms with Crippen molar-refractivity contribution in [3.05, 3.63) is 35.9 Å². The molecule has 4 nitrogen and oxygen atoms in total. The lowest BCUT2D eigenvalue weighted by Gasteiger charge is -2.26. The molecule has 0 spiro atoms. The summed E-state index contributed by atoms with van der Waals surface area (Å²) in [7, 11) is 1.66. The zero-order chi connectivity index (χ0) is 12.8. The summed E-state index contributed by atoms with van der Waals surface area (Å²) in [4.78, 5) is 13.4. The molecule has 0 heterocycles. The van der Waals surface area contributed by atoms with Gasteiger partial charge in [0.05, 0.1) is 18.7 Å². The average Bonchev–Trinajstić information content (AvgIpc) is 2.37. The van der Waals surface area contributed by atoms with Crippen molar-refractivity contribution in [3.8, 4) is 0 Å². The quantitative estimate of drug-likeness (QED) is 0.777. The fourth-order valence-corrected chi connectivity index (χ4v) is 1.56. The van der Waals surface area contributed by atoms with Crippen LogP contribution in [0.4, 0.5) is 0 Å². The van der Waals surface area contributed by atoms with Gasteiger partial charge in [0.1, 0.15) is 0 Å². The molecule has 0 saturated heterocycles. The maximum Gasteiger partial charge on any atom is 0.239 e. The molecule has 1 unspecified atom stereocenters. The third kappa shape index (κ3) is 3.84. The minimum Gasteiger partial charge on any atom is -0.394 e. The highest BCUT2D eigenvalue weighted by Crippen LogP contribution is 2.05. The van der Waals surface area contributed by atoms with E-state index in [4.69, 9.17) is 10.8 Å². The molecule has 4 heteroatoms. The van der Waals surface area contributed by atoms with Crippen molar-refractivity contribution in [1.82, 2.24) is 4.90 Å². The summed E-state index contributed by atoms with van der Waals surface area (Å²) in [6, 6.07) is 8.90. The molecule has 1 aromatic carbocycles. The first-order chi connectivity index (χ1) is 8.06. The molecule has 1 aromatic rings. The maximum atomic E-state index is 11.9. The minimum absolute atomic E-state index is 0.0553. The number of likely N-dealkylation sites (N-methyl/N-ethyl adjacent to an activating group) is 1. The Morgan fingerprint density at radius 1 is 1.41 bits per heavy atom. The Morgan fingerprint density at radius 2 is 2.00 bits per heavy atom. The van der Waals surface area contributed by atoms with Crippen molar-refractivity contribution < 1.29 is 9.90 Å². The van der Waals surface area contributed by atoms with Crippen LogP contribution in [-0.2, 0) is 11.2 Å². The number of aliphatic hydroxyl groups is 1. The Labute approximate surface area is 102 Å². The molecule has 0 aromatic heterocycles. The van der Waals surface area contributed by atoms with E-state index in [-0.39, 0.29) is 18.6 Å². The predicted molar refractivity (Wildman–Crippen MR) is 67.4 cm³/mol. The molecular formula is C13H20N2O2. The summed E-state index contributed by atoms with van der Waals surface area (Å²) in [5.74, 6) is -0.143. The Hall–Kier alpha value is -1.39. The van der Waals surface area contributed by atoms with E-state index in [1.807, 2.05) is 30.3 Å². The second-order valence-electron chi connectivity index (χ2n) is 4.28. The standard InChI is InChI=1S/C13H20N2O2/c1-10(9-16)15(2)13(17)12(14)8-11-6-4-3-5-7-11/h3-7,10,12,16H,8-9,14H2,1-2H3/t10?,12-/m0/s1. The summed E-state index contributed by atoms with van der Waals surface area (Å²) in [5.41, 5.74) is 6.91. The van der Waals surface area contributed by atoms with Crippen molar-refractivity contribution in [2.75, 3.05) is 13.7 Å². The molecule has 2 atom stereocenters. The Morgan fingerprint density at radius 3 is 2.53 bits per heavy atom. The Bertz CT molecular complexity index is 354. The van der Waals surface area contributed by atoms with E-state index in [0.717, 1.165) is 5.56 Å². The number of carbonyl (C=O) groups is 1. The first kappa shape index (κ1) is 13.7. The Balaban J connectivity index is 2.58. The SMILES string of the molecule is CC(CO)N(C)C(=O)[C@@H](N)Cc1ccccc1. The predicted octanol–water partition coefficient (Wildman–Crippen LogP) is 0.396. The van der Waals surface area contributed by atoms with Gasteiger partial charge in [-0.3, -0.25) is 4.79 Å². The summed E-state index contributed by atoms with van der Waals surface area (Å²) in [6.07, 6.45) is 0.516. The number of nitrogens with two attached hydrogens (primary N) is 1. The number of carbonyl (C=O) groups excluding carboxylic acids is 1. The lowest BCUT2D eigenvalue weighted by Crippen LogP contribution is -2.47. The summed E-state index contributed by atoms with van der Waals surface area (Å²) in [5, 5.41) is 8.99. The molecule has 0 bridgehead atoms. The van der Waals surface area contributed by atoms with Crippen LogP contribution >= 0.6 is 0 Å². The second kappa shape index (κ2) is 6.37. The molecule has 94 valence electrons. The number of hydrogen-bond donors (Lipinski definition) is 2. The zero-order valence-electron chi connectivity index (χ0n) is 10.3. The first-order valence-corrected chi connectivity index (χ1v) is 5.73. The van der Waals surface area contributed by atoms with Crippen molar-refractivity contribution in [2.24, 2.45) is 5.73 Å². The largest absolute Gasteiger partial charge is 0.394 e. The second-order valence-corrected chi connectivity index (χ2v) is 4.28. The smallest absolute Gasteiger partial charge is 0.239 e. The highest BCUT2D eigenvalue weighted by atomic mass is 16.3. The average molecular weight is 236 g/mol. The van der Waals surface area contributed by atoms with Gasteiger partial charge in [-0.05, 0) is 18.9 Å². The van der Waals surface area contributed by atoms with Crippen molar-refractivity contribution >= 4 is 5.91 Å². The van der Waals surface area contributed by atoms with Crippen LogP contribution < -0.4 is 5.73 Å². The van der Waals surface area contributed by atoms with Crippen LogP contribution in [-0.4, -0.2) is 41.7 Å². The van der Waals surface area contributed by atoms with Crippen LogP contribution in [0.3, 0.4) is 0 Å². The van der Waals surface area contributed by atoms with Crippen LogP contribution in [0.2, 0.25) is 0 Å². The van der Waals surface area contributed by atoms with Crippen LogP contribution in [0.15, 0.2) is 30.3 Å². The van der Waals surface area contributed by atoms with Gasteiger partial charge in [0.2, 0.25) is 5.91 Å². The zero-order valence-corrected chi connectivity index (χ0v) is 10.3. The Kier molecular flexibility index (Phi) is 5.12. The normalized spacial score (nSPS) is 14.1. The van der Waals surface area contributed by atoms with Gasteiger partial charge in [-0.1, -0.05) is 30.3 Å². The molecule has 0 aliphatic carbocycles. The van der Waals surface area contributed by atoms with Crippen LogP contribution in [0, 0.1) is 0 Å². The lowest BCUT2D eigenvalue weighted by atomic mass is 10.1. The maximum absolute atomic E-state index is 11.9. The van der Waals surface area contributed by atoms with Gasteiger partial charge in [0.25, 0.3) is 0 Å². The molecule has 0 saturated carbocycles. The highest BCUT2D eigenvalue weighted by Gasteiger charge is 2.21. The number of hydrogen-bond acceptors (Lipinski definition) is 3.